The van der Waals surface area contributed by atoms with E-state index in [0.717, 1.165) is 18.9 Å². The van der Waals surface area contributed by atoms with E-state index >= 15 is 0 Å². The molecule has 0 saturated heterocycles. The van der Waals surface area contributed by atoms with Gasteiger partial charge in [0.25, 0.3) is 0 Å². The molecular formula is C11H16N4. The SMILES string of the molecule is CC(C)NCCNc1cc(C#N)ccn1. The molecule has 4 heteroatoms. The number of hydrogen-bond donors (Lipinski definition) is 2. The van der Waals surface area contributed by atoms with E-state index < -0.39 is 0 Å². The van der Waals surface area contributed by atoms with Crippen molar-refractivity contribution in [3.8, 4) is 6.07 Å². The number of nitriles is 1. The Hall–Kier alpha value is -1.60. The summed E-state index contributed by atoms with van der Waals surface area (Å²) in [5.41, 5.74) is 0.629. The number of aromatic nitrogens is 1. The molecule has 1 aromatic rings. The van der Waals surface area contributed by atoms with Crippen molar-refractivity contribution in [3.63, 3.8) is 0 Å². The zero-order chi connectivity index (χ0) is 11.1. The fourth-order valence-electron chi connectivity index (χ4n) is 1.15. The molecule has 1 rings (SSSR count). The molecular weight excluding hydrogens is 188 g/mol. The third-order valence-electron chi connectivity index (χ3n) is 1.87. The van der Waals surface area contributed by atoms with Crippen molar-refractivity contribution in [1.82, 2.24) is 10.3 Å². The third-order valence-corrected chi connectivity index (χ3v) is 1.87. The first-order valence-electron chi connectivity index (χ1n) is 5.06. The molecule has 0 unspecified atom stereocenters. The second-order valence-electron chi connectivity index (χ2n) is 3.58. The van der Waals surface area contributed by atoms with Gasteiger partial charge in [-0.2, -0.15) is 5.26 Å². The van der Waals surface area contributed by atoms with Crippen LogP contribution < -0.4 is 10.6 Å². The Morgan fingerprint density at radius 2 is 2.27 bits per heavy atom. The molecule has 0 spiro atoms. The second-order valence-corrected chi connectivity index (χ2v) is 3.58. The van der Waals surface area contributed by atoms with Crippen molar-refractivity contribution in [2.75, 3.05) is 18.4 Å². The second kappa shape index (κ2) is 5.99. The van der Waals surface area contributed by atoms with Crippen LogP contribution in [0, 0.1) is 11.3 Å². The predicted octanol–water partition coefficient (Wildman–Crippen LogP) is 1.36. The molecule has 0 amide bonds. The maximum atomic E-state index is 8.69. The van der Waals surface area contributed by atoms with Crippen molar-refractivity contribution in [1.29, 1.82) is 5.26 Å². The van der Waals surface area contributed by atoms with E-state index in [1.807, 2.05) is 0 Å². The summed E-state index contributed by atoms with van der Waals surface area (Å²) in [4.78, 5) is 4.11. The van der Waals surface area contributed by atoms with Gasteiger partial charge < -0.3 is 10.6 Å². The molecule has 2 N–H and O–H groups in total. The number of hydrogen-bond acceptors (Lipinski definition) is 4. The Kier molecular flexibility index (Phi) is 4.58. The summed E-state index contributed by atoms with van der Waals surface area (Å²) < 4.78 is 0. The topological polar surface area (TPSA) is 60.7 Å². The van der Waals surface area contributed by atoms with Gasteiger partial charge in [0.05, 0.1) is 11.6 Å². The van der Waals surface area contributed by atoms with Crippen LogP contribution in [0.5, 0.6) is 0 Å². The maximum absolute atomic E-state index is 8.69. The highest BCUT2D eigenvalue weighted by atomic mass is 15.0. The number of pyridine rings is 1. The summed E-state index contributed by atoms with van der Waals surface area (Å²) in [5.74, 6) is 0.750. The van der Waals surface area contributed by atoms with Crippen LogP contribution >= 0.6 is 0 Å². The highest BCUT2D eigenvalue weighted by Gasteiger charge is 1.96. The summed E-state index contributed by atoms with van der Waals surface area (Å²) in [7, 11) is 0. The fourth-order valence-corrected chi connectivity index (χ4v) is 1.15. The Balaban J connectivity index is 2.35. The molecule has 0 aliphatic rings. The fraction of sp³-hybridized carbons (Fsp3) is 0.455. The lowest BCUT2D eigenvalue weighted by atomic mass is 10.3. The summed E-state index contributed by atoms with van der Waals surface area (Å²) in [6.45, 7) is 5.90. The lowest BCUT2D eigenvalue weighted by molar-refractivity contribution is 0.602. The Morgan fingerprint density at radius 3 is 2.93 bits per heavy atom. The number of nitrogens with zero attached hydrogens (tertiary/aromatic N) is 2. The van der Waals surface area contributed by atoms with Crippen LogP contribution in [0.1, 0.15) is 19.4 Å². The van der Waals surface area contributed by atoms with E-state index in [4.69, 9.17) is 5.26 Å². The lowest BCUT2D eigenvalue weighted by Gasteiger charge is -2.09. The standard InChI is InChI=1S/C11H16N4/c1-9(2)13-5-6-15-11-7-10(8-12)3-4-14-11/h3-4,7,9,13H,5-6H2,1-2H3,(H,14,15). The quantitative estimate of drug-likeness (QED) is 0.711. The molecule has 15 heavy (non-hydrogen) atoms. The molecule has 0 atom stereocenters. The largest absolute Gasteiger partial charge is 0.369 e. The first-order chi connectivity index (χ1) is 7.22. The molecule has 0 fully saturated rings. The van der Waals surface area contributed by atoms with Crippen LogP contribution in [0.2, 0.25) is 0 Å². The smallest absolute Gasteiger partial charge is 0.127 e. The molecule has 0 aliphatic heterocycles. The monoisotopic (exact) mass is 204 g/mol. The molecule has 0 aromatic carbocycles. The van der Waals surface area contributed by atoms with Crippen LogP contribution in [0.25, 0.3) is 0 Å². The van der Waals surface area contributed by atoms with Gasteiger partial charge in [0.1, 0.15) is 5.82 Å². The van der Waals surface area contributed by atoms with Crippen molar-refractivity contribution in [2.45, 2.75) is 19.9 Å². The predicted molar refractivity (Wildman–Crippen MR) is 60.6 cm³/mol. The lowest BCUT2D eigenvalue weighted by Crippen LogP contribution is -2.28. The van der Waals surface area contributed by atoms with E-state index in [9.17, 15) is 0 Å². The van der Waals surface area contributed by atoms with Gasteiger partial charge in [0.15, 0.2) is 0 Å². The number of anilines is 1. The summed E-state index contributed by atoms with van der Waals surface area (Å²) in [6.07, 6.45) is 1.64. The summed E-state index contributed by atoms with van der Waals surface area (Å²) >= 11 is 0. The van der Waals surface area contributed by atoms with E-state index in [2.05, 4.69) is 35.5 Å². The molecule has 80 valence electrons. The molecule has 0 aliphatic carbocycles. The van der Waals surface area contributed by atoms with Crippen LogP contribution in [0.3, 0.4) is 0 Å². The average Bonchev–Trinajstić information content (AvgIpc) is 2.24. The zero-order valence-corrected chi connectivity index (χ0v) is 9.12. The van der Waals surface area contributed by atoms with E-state index in [0.29, 0.717) is 11.6 Å². The highest BCUT2D eigenvalue weighted by molar-refractivity contribution is 5.42. The normalized spacial score (nSPS) is 10.0. The zero-order valence-electron chi connectivity index (χ0n) is 9.12. The maximum Gasteiger partial charge on any atom is 0.127 e. The molecule has 0 radical (unpaired) electrons. The van der Waals surface area contributed by atoms with Gasteiger partial charge in [0.2, 0.25) is 0 Å². The van der Waals surface area contributed by atoms with Crippen LogP contribution in [-0.2, 0) is 0 Å². The van der Waals surface area contributed by atoms with E-state index in [1.165, 1.54) is 0 Å². The van der Waals surface area contributed by atoms with Crippen molar-refractivity contribution in [2.24, 2.45) is 0 Å². The minimum atomic E-state index is 0.491. The molecule has 1 heterocycles. The van der Waals surface area contributed by atoms with Crippen molar-refractivity contribution < 1.29 is 0 Å². The summed E-state index contributed by atoms with van der Waals surface area (Å²) in [6, 6.07) is 6.01. The van der Waals surface area contributed by atoms with E-state index in [-0.39, 0.29) is 0 Å². The minimum absolute atomic E-state index is 0.491. The van der Waals surface area contributed by atoms with Gasteiger partial charge in [-0.05, 0) is 12.1 Å². The van der Waals surface area contributed by atoms with E-state index in [1.54, 1.807) is 18.3 Å². The number of nitrogens with one attached hydrogen (secondary N) is 2. The Bertz CT molecular complexity index is 341. The molecule has 0 saturated carbocycles. The van der Waals surface area contributed by atoms with Gasteiger partial charge in [-0.3, -0.25) is 0 Å². The molecule has 0 bridgehead atoms. The first-order valence-corrected chi connectivity index (χ1v) is 5.06. The Labute approximate surface area is 90.3 Å². The molecule has 1 aromatic heterocycles. The van der Waals surface area contributed by atoms with Gasteiger partial charge in [-0.25, -0.2) is 4.98 Å². The van der Waals surface area contributed by atoms with Crippen LogP contribution in [0.4, 0.5) is 5.82 Å². The van der Waals surface area contributed by atoms with Gasteiger partial charge >= 0.3 is 0 Å². The number of rotatable bonds is 5. The average molecular weight is 204 g/mol. The minimum Gasteiger partial charge on any atom is -0.369 e. The van der Waals surface area contributed by atoms with Crippen LogP contribution in [-0.4, -0.2) is 24.1 Å². The van der Waals surface area contributed by atoms with Gasteiger partial charge in [0, 0.05) is 25.3 Å². The Morgan fingerprint density at radius 1 is 1.47 bits per heavy atom. The van der Waals surface area contributed by atoms with Crippen molar-refractivity contribution in [3.05, 3.63) is 23.9 Å². The first kappa shape index (κ1) is 11.5. The van der Waals surface area contributed by atoms with Gasteiger partial charge in [-0.1, -0.05) is 13.8 Å². The van der Waals surface area contributed by atoms with Gasteiger partial charge in [-0.15, -0.1) is 0 Å². The third kappa shape index (κ3) is 4.43. The highest BCUT2D eigenvalue weighted by Crippen LogP contribution is 2.04. The van der Waals surface area contributed by atoms with Crippen LogP contribution in [0.15, 0.2) is 18.3 Å². The van der Waals surface area contributed by atoms with Crippen molar-refractivity contribution >= 4 is 5.82 Å². The summed E-state index contributed by atoms with van der Waals surface area (Å²) in [5, 5.41) is 15.1. The molecule has 4 nitrogen and oxygen atoms in total.